The van der Waals surface area contributed by atoms with E-state index in [1.165, 1.54) is 6.08 Å². The Morgan fingerprint density at radius 2 is 1.59 bits per heavy atom. The first kappa shape index (κ1) is 15.8. The van der Waals surface area contributed by atoms with Gasteiger partial charge in [0.1, 0.15) is 0 Å². The highest BCUT2D eigenvalue weighted by Gasteiger charge is 2.05. The van der Waals surface area contributed by atoms with Crippen molar-refractivity contribution in [2.45, 2.75) is 6.92 Å². The highest BCUT2D eigenvalue weighted by molar-refractivity contribution is 6.30. The number of hydrazine groups is 1. The van der Waals surface area contributed by atoms with E-state index in [0.717, 1.165) is 11.1 Å². The van der Waals surface area contributed by atoms with Gasteiger partial charge in [-0.3, -0.25) is 20.4 Å². The molecule has 0 radical (unpaired) electrons. The van der Waals surface area contributed by atoms with Crippen molar-refractivity contribution in [3.05, 3.63) is 76.3 Å². The molecule has 0 aliphatic rings. The lowest BCUT2D eigenvalue weighted by atomic mass is 10.1. The third-order valence-corrected chi connectivity index (χ3v) is 3.16. The number of hydrogen-bond acceptors (Lipinski definition) is 2. The zero-order chi connectivity index (χ0) is 15.9. The van der Waals surface area contributed by atoms with Crippen LogP contribution in [0.1, 0.15) is 21.5 Å². The molecule has 2 amide bonds. The Balaban J connectivity index is 1.86. The van der Waals surface area contributed by atoms with Crippen molar-refractivity contribution in [1.82, 2.24) is 10.9 Å². The zero-order valence-corrected chi connectivity index (χ0v) is 12.7. The summed E-state index contributed by atoms with van der Waals surface area (Å²) in [6, 6.07) is 14.1. The van der Waals surface area contributed by atoms with E-state index in [-0.39, 0.29) is 0 Å². The summed E-state index contributed by atoms with van der Waals surface area (Å²) in [5.41, 5.74) is 7.12. The summed E-state index contributed by atoms with van der Waals surface area (Å²) in [5.74, 6) is -0.823. The Morgan fingerprint density at radius 3 is 2.23 bits per heavy atom. The minimum atomic E-state index is -0.414. The molecule has 0 saturated heterocycles. The van der Waals surface area contributed by atoms with Gasteiger partial charge in [-0.15, -0.1) is 0 Å². The van der Waals surface area contributed by atoms with E-state index in [9.17, 15) is 9.59 Å². The summed E-state index contributed by atoms with van der Waals surface area (Å²) in [7, 11) is 0. The maximum atomic E-state index is 11.8. The van der Waals surface area contributed by atoms with Crippen LogP contribution >= 0.6 is 11.6 Å². The second kappa shape index (κ2) is 7.43. The van der Waals surface area contributed by atoms with Crippen molar-refractivity contribution in [2.75, 3.05) is 0 Å². The average molecular weight is 315 g/mol. The van der Waals surface area contributed by atoms with Crippen molar-refractivity contribution in [3.63, 3.8) is 0 Å². The van der Waals surface area contributed by atoms with E-state index < -0.39 is 11.8 Å². The molecule has 2 rings (SSSR count). The number of hydrogen-bond donors (Lipinski definition) is 2. The van der Waals surface area contributed by atoms with E-state index in [4.69, 9.17) is 11.6 Å². The van der Waals surface area contributed by atoms with Gasteiger partial charge >= 0.3 is 0 Å². The highest BCUT2D eigenvalue weighted by Crippen LogP contribution is 2.09. The van der Waals surface area contributed by atoms with Crippen LogP contribution in [-0.4, -0.2) is 11.8 Å². The van der Waals surface area contributed by atoms with Gasteiger partial charge in [0.25, 0.3) is 11.8 Å². The third kappa shape index (κ3) is 4.75. The van der Waals surface area contributed by atoms with Crippen molar-refractivity contribution in [2.24, 2.45) is 0 Å². The molecule has 0 atom stereocenters. The Morgan fingerprint density at radius 1 is 0.955 bits per heavy atom. The normalized spacial score (nSPS) is 10.5. The van der Waals surface area contributed by atoms with Gasteiger partial charge in [0.15, 0.2) is 0 Å². The summed E-state index contributed by atoms with van der Waals surface area (Å²) >= 11 is 5.74. The summed E-state index contributed by atoms with van der Waals surface area (Å²) in [4.78, 5) is 23.4. The zero-order valence-electron chi connectivity index (χ0n) is 12.0. The molecule has 22 heavy (non-hydrogen) atoms. The number of carbonyl (C=O) groups is 2. The van der Waals surface area contributed by atoms with Crippen LogP contribution < -0.4 is 10.9 Å². The number of carbonyl (C=O) groups excluding carboxylic acids is 2. The van der Waals surface area contributed by atoms with Crippen molar-refractivity contribution in [1.29, 1.82) is 0 Å². The minimum absolute atomic E-state index is 0.409. The van der Waals surface area contributed by atoms with E-state index in [0.29, 0.717) is 10.6 Å². The molecular formula is C17H15ClN2O2. The molecule has 5 heteroatoms. The van der Waals surface area contributed by atoms with Gasteiger partial charge in [-0.25, -0.2) is 0 Å². The van der Waals surface area contributed by atoms with Crippen LogP contribution in [0, 0.1) is 6.92 Å². The molecule has 0 heterocycles. The largest absolute Gasteiger partial charge is 0.269 e. The maximum absolute atomic E-state index is 11.8. The number of aryl methyl sites for hydroxylation is 1. The summed E-state index contributed by atoms with van der Waals surface area (Å²) < 4.78 is 0. The van der Waals surface area contributed by atoms with E-state index in [1.54, 1.807) is 30.3 Å². The van der Waals surface area contributed by atoms with Crippen LogP contribution in [-0.2, 0) is 4.79 Å². The lowest BCUT2D eigenvalue weighted by Gasteiger charge is -2.05. The molecule has 0 bridgehead atoms. The molecule has 0 fully saturated rings. The molecule has 112 valence electrons. The first-order valence-corrected chi connectivity index (χ1v) is 7.03. The van der Waals surface area contributed by atoms with Gasteiger partial charge in [-0.1, -0.05) is 41.4 Å². The molecule has 4 nitrogen and oxygen atoms in total. The number of nitrogens with one attached hydrogen (secondary N) is 2. The highest BCUT2D eigenvalue weighted by atomic mass is 35.5. The van der Waals surface area contributed by atoms with Gasteiger partial charge in [0.05, 0.1) is 0 Å². The lowest BCUT2D eigenvalue weighted by molar-refractivity contribution is -0.117. The van der Waals surface area contributed by atoms with Gasteiger partial charge in [-0.2, -0.15) is 0 Å². The van der Waals surface area contributed by atoms with Crippen LogP contribution in [0.25, 0.3) is 6.08 Å². The first-order chi connectivity index (χ1) is 10.5. The summed E-state index contributed by atoms with van der Waals surface area (Å²) in [6.45, 7) is 1.99. The fourth-order valence-electron chi connectivity index (χ4n) is 1.68. The SMILES string of the molecule is Cc1ccc(C=CC(=O)NNC(=O)c2ccc(Cl)cc2)cc1. The van der Waals surface area contributed by atoms with Gasteiger partial charge < -0.3 is 0 Å². The molecule has 2 aromatic rings. The van der Waals surface area contributed by atoms with Crippen LogP contribution in [0.2, 0.25) is 5.02 Å². The molecule has 2 N–H and O–H groups in total. The van der Waals surface area contributed by atoms with Gasteiger partial charge in [0, 0.05) is 16.7 Å². The predicted octanol–water partition coefficient (Wildman–Crippen LogP) is 3.12. The molecule has 0 aromatic heterocycles. The average Bonchev–Trinajstić information content (AvgIpc) is 2.52. The van der Waals surface area contributed by atoms with Crippen LogP contribution in [0.3, 0.4) is 0 Å². The van der Waals surface area contributed by atoms with Gasteiger partial charge in [-0.05, 0) is 42.8 Å². The Bertz CT molecular complexity index is 692. The first-order valence-electron chi connectivity index (χ1n) is 6.65. The predicted molar refractivity (Wildman–Crippen MR) is 87.3 cm³/mol. The molecule has 0 aliphatic carbocycles. The number of rotatable bonds is 3. The minimum Gasteiger partial charge on any atom is -0.268 e. The number of benzene rings is 2. The quantitative estimate of drug-likeness (QED) is 0.675. The second-order valence-corrected chi connectivity index (χ2v) is 5.13. The smallest absolute Gasteiger partial charge is 0.268 e. The van der Waals surface area contributed by atoms with E-state index >= 15 is 0 Å². The Labute approximate surface area is 133 Å². The van der Waals surface area contributed by atoms with Gasteiger partial charge in [0.2, 0.25) is 0 Å². The molecule has 0 aliphatic heterocycles. The third-order valence-electron chi connectivity index (χ3n) is 2.91. The van der Waals surface area contributed by atoms with E-state index in [2.05, 4.69) is 10.9 Å². The van der Waals surface area contributed by atoms with Crippen LogP contribution in [0.4, 0.5) is 0 Å². The molecular weight excluding hydrogens is 300 g/mol. The molecule has 2 aromatic carbocycles. The fourth-order valence-corrected chi connectivity index (χ4v) is 1.81. The van der Waals surface area contributed by atoms with Crippen molar-refractivity contribution in [3.8, 4) is 0 Å². The van der Waals surface area contributed by atoms with Crippen LogP contribution in [0.15, 0.2) is 54.6 Å². The number of amides is 2. The lowest BCUT2D eigenvalue weighted by Crippen LogP contribution is -2.40. The standard InChI is InChI=1S/C17H15ClN2O2/c1-12-2-4-13(5-3-12)6-11-16(21)19-20-17(22)14-7-9-15(18)10-8-14/h2-11H,1H3,(H,19,21)(H,20,22). The van der Waals surface area contributed by atoms with Crippen LogP contribution in [0.5, 0.6) is 0 Å². The molecule has 0 saturated carbocycles. The Hall–Kier alpha value is -2.59. The monoisotopic (exact) mass is 314 g/mol. The second-order valence-electron chi connectivity index (χ2n) is 4.69. The molecule has 0 unspecified atom stereocenters. The van der Waals surface area contributed by atoms with E-state index in [1.807, 2.05) is 31.2 Å². The summed E-state index contributed by atoms with van der Waals surface area (Å²) in [6.07, 6.45) is 3.02. The van der Waals surface area contributed by atoms with Crippen molar-refractivity contribution < 1.29 is 9.59 Å². The molecule has 0 spiro atoms. The van der Waals surface area contributed by atoms with Crippen molar-refractivity contribution >= 4 is 29.5 Å². The topological polar surface area (TPSA) is 58.2 Å². The Kier molecular flexibility index (Phi) is 5.33. The summed E-state index contributed by atoms with van der Waals surface area (Å²) in [5, 5.41) is 0.543. The number of halogens is 1. The fraction of sp³-hybridized carbons (Fsp3) is 0.0588. The maximum Gasteiger partial charge on any atom is 0.269 e.